The van der Waals surface area contributed by atoms with Crippen molar-refractivity contribution in [2.45, 2.75) is 19.3 Å². The van der Waals surface area contributed by atoms with Crippen molar-refractivity contribution in [1.82, 2.24) is 19.1 Å². The van der Waals surface area contributed by atoms with Crippen molar-refractivity contribution in [3.8, 4) is 34.0 Å². The van der Waals surface area contributed by atoms with E-state index in [2.05, 4.69) is 181 Å². The molecule has 0 unspecified atom stereocenters. The van der Waals surface area contributed by atoms with Crippen LogP contribution in [0.15, 0.2) is 158 Å². The number of para-hydroxylation sites is 2. The Balaban J connectivity index is 1.31. The maximum atomic E-state index is 5.59. The first-order valence-corrected chi connectivity index (χ1v) is 17.6. The largest absolute Gasteiger partial charge is 0.305 e. The number of aromatic nitrogens is 4. The normalized spacial score (nSPS) is 13.5. The molecule has 240 valence electrons. The molecule has 0 saturated carbocycles. The van der Waals surface area contributed by atoms with E-state index in [0.717, 1.165) is 49.9 Å². The molecule has 1 aliphatic carbocycles. The molecule has 7 aromatic carbocycles. The molecule has 1 aliphatic rings. The summed E-state index contributed by atoms with van der Waals surface area (Å²) in [7, 11) is 0. The molecule has 0 N–H and O–H groups in total. The van der Waals surface area contributed by atoms with Crippen molar-refractivity contribution >= 4 is 54.5 Å². The Morgan fingerprint density at radius 2 is 1.18 bits per heavy atom. The average molecular weight is 653 g/mol. The van der Waals surface area contributed by atoms with Gasteiger partial charge in [-0.3, -0.25) is 4.57 Å². The van der Waals surface area contributed by atoms with Gasteiger partial charge in [-0.05, 0) is 64.0 Å². The summed E-state index contributed by atoms with van der Waals surface area (Å²) in [6.07, 6.45) is 0. The second-order valence-corrected chi connectivity index (χ2v) is 14.2. The molecule has 10 aromatic rings. The van der Waals surface area contributed by atoms with Gasteiger partial charge in [0.25, 0.3) is 0 Å². The van der Waals surface area contributed by atoms with E-state index in [0.29, 0.717) is 5.95 Å². The summed E-state index contributed by atoms with van der Waals surface area (Å²) in [5, 5.41) is 5.89. The van der Waals surface area contributed by atoms with Crippen molar-refractivity contribution < 1.29 is 0 Å². The second-order valence-electron chi connectivity index (χ2n) is 14.2. The van der Waals surface area contributed by atoms with E-state index in [1.165, 1.54) is 43.8 Å². The minimum absolute atomic E-state index is 0.133. The van der Waals surface area contributed by atoms with Crippen LogP contribution in [0.25, 0.3) is 88.5 Å². The predicted octanol–water partition coefficient (Wildman–Crippen LogP) is 11.8. The van der Waals surface area contributed by atoms with Crippen LogP contribution in [0.1, 0.15) is 25.0 Å². The van der Waals surface area contributed by atoms with E-state index in [9.17, 15) is 0 Å². The van der Waals surface area contributed by atoms with Crippen LogP contribution in [0, 0.1) is 0 Å². The summed E-state index contributed by atoms with van der Waals surface area (Å²) in [6.45, 7) is 4.69. The molecule has 0 atom stereocenters. The van der Waals surface area contributed by atoms with Gasteiger partial charge in [0, 0.05) is 38.2 Å². The van der Waals surface area contributed by atoms with Crippen molar-refractivity contribution in [2.75, 3.05) is 0 Å². The molecule has 0 amide bonds. The third-order valence-corrected chi connectivity index (χ3v) is 11.1. The lowest BCUT2D eigenvalue weighted by Crippen LogP contribution is -2.15. The molecule has 51 heavy (non-hydrogen) atoms. The fourth-order valence-electron chi connectivity index (χ4n) is 8.75. The zero-order valence-corrected chi connectivity index (χ0v) is 28.3. The lowest BCUT2D eigenvalue weighted by Gasteiger charge is -2.21. The van der Waals surface area contributed by atoms with Gasteiger partial charge in [0.05, 0.1) is 22.1 Å². The van der Waals surface area contributed by atoms with E-state index in [1.54, 1.807) is 0 Å². The molecule has 3 heterocycles. The summed E-state index contributed by atoms with van der Waals surface area (Å²) in [4.78, 5) is 11.2. The van der Waals surface area contributed by atoms with Crippen LogP contribution in [0.2, 0.25) is 0 Å². The quantitative estimate of drug-likeness (QED) is 0.190. The molecule has 4 heteroatoms. The van der Waals surface area contributed by atoms with Crippen LogP contribution in [-0.4, -0.2) is 19.1 Å². The van der Waals surface area contributed by atoms with Crippen LogP contribution in [-0.2, 0) is 5.41 Å². The average Bonchev–Trinajstić information content (AvgIpc) is 3.78. The zero-order chi connectivity index (χ0) is 33.8. The first-order valence-electron chi connectivity index (χ1n) is 17.6. The highest BCUT2D eigenvalue weighted by Gasteiger charge is 2.36. The van der Waals surface area contributed by atoms with Crippen LogP contribution in [0.5, 0.6) is 0 Å². The molecule has 0 bridgehead atoms. The summed E-state index contributed by atoms with van der Waals surface area (Å²) in [6, 6.07) is 56.7. The lowest BCUT2D eigenvalue weighted by atomic mass is 9.82. The van der Waals surface area contributed by atoms with Gasteiger partial charge in [0.15, 0.2) is 0 Å². The number of hydrogen-bond donors (Lipinski definition) is 0. The number of rotatable bonds is 3. The third-order valence-electron chi connectivity index (χ3n) is 11.1. The Kier molecular flexibility index (Phi) is 5.70. The molecule has 0 spiro atoms. The Hall–Kier alpha value is -6.52. The molecule has 0 fully saturated rings. The molecule has 4 nitrogen and oxygen atoms in total. The fourth-order valence-corrected chi connectivity index (χ4v) is 8.75. The Morgan fingerprint density at radius 1 is 0.471 bits per heavy atom. The number of nitrogens with zero attached hydrogens (tertiary/aromatic N) is 4. The number of hydrogen-bond acceptors (Lipinski definition) is 2. The molecule has 0 saturated heterocycles. The minimum atomic E-state index is -0.133. The monoisotopic (exact) mass is 652 g/mol. The molecule has 3 aromatic heterocycles. The van der Waals surface area contributed by atoms with Crippen molar-refractivity contribution in [3.63, 3.8) is 0 Å². The maximum Gasteiger partial charge on any atom is 0.235 e. The van der Waals surface area contributed by atoms with Gasteiger partial charge in [-0.1, -0.05) is 135 Å². The number of fused-ring (bicyclic) bond motifs is 11. The molecular formula is C47H32N4. The van der Waals surface area contributed by atoms with E-state index < -0.39 is 0 Å². The Labute approximate surface area is 294 Å². The first kappa shape index (κ1) is 28.3. The smallest absolute Gasteiger partial charge is 0.235 e. The third kappa shape index (κ3) is 3.85. The second kappa shape index (κ2) is 10.3. The van der Waals surface area contributed by atoms with E-state index >= 15 is 0 Å². The highest BCUT2D eigenvalue weighted by atomic mass is 15.2. The van der Waals surface area contributed by atoms with Crippen LogP contribution >= 0.6 is 0 Å². The van der Waals surface area contributed by atoms with Crippen molar-refractivity contribution in [1.29, 1.82) is 0 Å². The topological polar surface area (TPSA) is 35.6 Å². The molecule has 0 radical (unpaired) electrons. The molecule has 11 rings (SSSR count). The van der Waals surface area contributed by atoms with Gasteiger partial charge >= 0.3 is 0 Å². The minimum Gasteiger partial charge on any atom is -0.305 e. The Morgan fingerprint density at radius 3 is 2.02 bits per heavy atom. The van der Waals surface area contributed by atoms with Crippen LogP contribution < -0.4 is 0 Å². The van der Waals surface area contributed by atoms with Crippen molar-refractivity contribution in [3.05, 3.63) is 169 Å². The SMILES string of the molecule is CC1(C)c2ccccc2-c2cc3c4ccccc4n(-c4nc(-c5ccccc5)c5c(n4)c4ccc6ccccc6c4n5-c4ccccc4)c3cc21. The molecule has 0 aliphatic heterocycles. The first-order chi connectivity index (χ1) is 25.1. The van der Waals surface area contributed by atoms with Gasteiger partial charge in [-0.15, -0.1) is 0 Å². The lowest BCUT2D eigenvalue weighted by molar-refractivity contribution is 0.661. The standard InChI is InChI=1S/C47H32N4/c1-47(2)38-23-13-11-21-33(38)36-27-37-34-22-12-14-24-40(34)51(41(37)28-39(36)47)46-48-42(30-16-5-3-6-17-30)45-43(49-46)35-26-25-29-15-9-10-20-32(29)44(35)50(45)31-18-7-4-8-19-31/h3-28H,1-2H3. The summed E-state index contributed by atoms with van der Waals surface area (Å²) in [5.41, 5.74) is 13.5. The maximum absolute atomic E-state index is 5.59. The summed E-state index contributed by atoms with van der Waals surface area (Å²) >= 11 is 0. The van der Waals surface area contributed by atoms with Gasteiger partial charge in [-0.2, -0.15) is 0 Å². The predicted molar refractivity (Wildman–Crippen MR) is 211 cm³/mol. The zero-order valence-electron chi connectivity index (χ0n) is 28.3. The van der Waals surface area contributed by atoms with Crippen LogP contribution in [0.4, 0.5) is 0 Å². The summed E-state index contributed by atoms with van der Waals surface area (Å²) in [5.74, 6) is 0.668. The highest BCUT2D eigenvalue weighted by Crippen LogP contribution is 2.51. The van der Waals surface area contributed by atoms with Crippen molar-refractivity contribution in [2.24, 2.45) is 0 Å². The number of benzene rings is 7. The van der Waals surface area contributed by atoms with E-state index in [4.69, 9.17) is 9.97 Å². The van der Waals surface area contributed by atoms with Gasteiger partial charge in [0.1, 0.15) is 11.2 Å². The Bertz CT molecular complexity index is 3040. The van der Waals surface area contributed by atoms with Gasteiger partial charge < -0.3 is 4.57 Å². The molecular weight excluding hydrogens is 621 g/mol. The van der Waals surface area contributed by atoms with Gasteiger partial charge in [0.2, 0.25) is 5.95 Å². The fraction of sp³-hybridized carbons (Fsp3) is 0.0638. The van der Waals surface area contributed by atoms with E-state index in [-0.39, 0.29) is 5.41 Å². The van der Waals surface area contributed by atoms with Crippen LogP contribution in [0.3, 0.4) is 0 Å². The summed E-state index contributed by atoms with van der Waals surface area (Å²) < 4.78 is 4.67. The van der Waals surface area contributed by atoms with Gasteiger partial charge in [-0.25, -0.2) is 9.97 Å². The van der Waals surface area contributed by atoms with E-state index in [1.807, 2.05) is 0 Å². The highest BCUT2D eigenvalue weighted by molar-refractivity contribution is 6.20.